The zero-order valence-electron chi connectivity index (χ0n) is 13.5. The van der Waals surface area contributed by atoms with E-state index < -0.39 is 0 Å². The molecule has 124 valence electrons. The molecule has 0 bridgehead atoms. The first kappa shape index (κ1) is 15.9. The van der Waals surface area contributed by atoms with Gasteiger partial charge in [-0.3, -0.25) is 14.2 Å². The average Bonchev–Trinajstić information content (AvgIpc) is 3.02. The summed E-state index contributed by atoms with van der Waals surface area (Å²) in [5.41, 5.74) is 1.46. The minimum atomic E-state index is -0.118. The molecule has 0 fully saturated rings. The van der Waals surface area contributed by atoms with Crippen LogP contribution in [0.4, 0.5) is 0 Å². The van der Waals surface area contributed by atoms with E-state index >= 15 is 0 Å². The molecule has 2 heterocycles. The van der Waals surface area contributed by atoms with Gasteiger partial charge in [-0.1, -0.05) is 37.3 Å². The molecule has 24 heavy (non-hydrogen) atoms. The number of carbonyl (C=O) groups excluding carboxylic acids is 1. The first-order valence-corrected chi connectivity index (χ1v) is 7.90. The SMILES string of the molecule is CCC(=O)NCCn1ncc2c(=O)n(Cc3ccccc3)cnc21. The number of benzene rings is 1. The Morgan fingerprint density at radius 3 is 2.79 bits per heavy atom. The predicted molar refractivity (Wildman–Crippen MR) is 90.6 cm³/mol. The zero-order valence-corrected chi connectivity index (χ0v) is 13.5. The molecule has 0 aliphatic rings. The maximum absolute atomic E-state index is 12.6. The normalized spacial score (nSPS) is 10.9. The van der Waals surface area contributed by atoms with Crippen molar-refractivity contribution in [2.24, 2.45) is 0 Å². The van der Waals surface area contributed by atoms with E-state index in [1.807, 2.05) is 30.3 Å². The maximum atomic E-state index is 12.6. The van der Waals surface area contributed by atoms with Gasteiger partial charge in [0.1, 0.15) is 11.7 Å². The van der Waals surface area contributed by atoms with E-state index in [1.54, 1.807) is 22.5 Å². The van der Waals surface area contributed by atoms with Crippen molar-refractivity contribution in [1.29, 1.82) is 0 Å². The minimum absolute atomic E-state index is 0.00959. The number of carbonyl (C=O) groups is 1. The molecule has 0 radical (unpaired) electrons. The number of aromatic nitrogens is 4. The van der Waals surface area contributed by atoms with Crippen molar-refractivity contribution in [1.82, 2.24) is 24.6 Å². The van der Waals surface area contributed by atoms with E-state index in [1.165, 1.54) is 6.20 Å². The molecule has 0 spiro atoms. The Kier molecular flexibility index (Phi) is 4.69. The number of nitrogens with zero attached hydrogens (tertiary/aromatic N) is 4. The summed E-state index contributed by atoms with van der Waals surface area (Å²) in [6, 6.07) is 9.76. The lowest BCUT2D eigenvalue weighted by molar-refractivity contribution is -0.120. The first-order chi connectivity index (χ1) is 11.7. The highest BCUT2D eigenvalue weighted by Gasteiger charge is 2.10. The van der Waals surface area contributed by atoms with Gasteiger partial charge < -0.3 is 5.32 Å². The van der Waals surface area contributed by atoms with Crippen molar-refractivity contribution in [3.63, 3.8) is 0 Å². The van der Waals surface area contributed by atoms with Crippen LogP contribution in [0.3, 0.4) is 0 Å². The van der Waals surface area contributed by atoms with Gasteiger partial charge in [-0.05, 0) is 5.56 Å². The van der Waals surface area contributed by atoms with E-state index in [-0.39, 0.29) is 11.5 Å². The van der Waals surface area contributed by atoms with Gasteiger partial charge in [0.05, 0.1) is 19.3 Å². The van der Waals surface area contributed by atoms with Gasteiger partial charge in [0.2, 0.25) is 5.91 Å². The molecule has 7 heteroatoms. The van der Waals surface area contributed by atoms with Gasteiger partial charge in [-0.2, -0.15) is 5.10 Å². The third kappa shape index (κ3) is 3.34. The summed E-state index contributed by atoms with van der Waals surface area (Å²) in [6.07, 6.45) is 3.52. The number of nitrogens with one attached hydrogen (secondary N) is 1. The van der Waals surface area contributed by atoms with Crippen LogP contribution < -0.4 is 10.9 Å². The molecule has 7 nitrogen and oxygen atoms in total. The first-order valence-electron chi connectivity index (χ1n) is 7.90. The Labute approximate surface area is 138 Å². The van der Waals surface area contributed by atoms with Crippen molar-refractivity contribution in [2.45, 2.75) is 26.4 Å². The molecule has 0 saturated heterocycles. The number of fused-ring (bicyclic) bond motifs is 1. The molecule has 2 aromatic heterocycles. The van der Waals surface area contributed by atoms with Crippen LogP contribution in [0.1, 0.15) is 18.9 Å². The predicted octanol–water partition coefficient (Wildman–Crippen LogP) is 1.17. The number of amides is 1. The van der Waals surface area contributed by atoms with Crippen molar-refractivity contribution in [3.8, 4) is 0 Å². The Balaban J connectivity index is 1.80. The van der Waals surface area contributed by atoms with Crippen LogP contribution in [0.25, 0.3) is 11.0 Å². The molecule has 1 N–H and O–H groups in total. The summed E-state index contributed by atoms with van der Waals surface area (Å²) < 4.78 is 3.21. The van der Waals surface area contributed by atoms with Crippen LogP contribution in [0.5, 0.6) is 0 Å². The second-order valence-electron chi connectivity index (χ2n) is 5.47. The fraction of sp³-hybridized carbons (Fsp3) is 0.294. The average molecular weight is 325 g/mol. The zero-order chi connectivity index (χ0) is 16.9. The highest BCUT2D eigenvalue weighted by Crippen LogP contribution is 2.07. The van der Waals surface area contributed by atoms with Gasteiger partial charge >= 0.3 is 0 Å². The van der Waals surface area contributed by atoms with E-state index in [0.717, 1.165) is 5.56 Å². The van der Waals surface area contributed by atoms with Gasteiger partial charge in [0, 0.05) is 13.0 Å². The minimum Gasteiger partial charge on any atom is -0.354 e. The maximum Gasteiger partial charge on any atom is 0.264 e. The Bertz CT molecular complexity index is 898. The number of hydrogen-bond donors (Lipinski definition) is 1. The monoisotopic (exact) mass is 325 g/mol. The summed E-state index contributed by atoms with van der Waals surface area (Å²) in [6.45, 7) is 3.21. The molecule has 1 amide bonds. The highest BCUT2D eigenvalue weighted by molar-refractivity contribution is 5.75. The molecule has 1 aromatic carbocycles. The Hall–Kier alpha value is -2.96. The summed E-state index contributed by atoms with van der Waals surface area (Å²) in [4.78, 5) is 28.2. The lowest BCUT2D eigenvalue weighted by Crippen LogP contribution is -2.27. The van der Waals surface area contributed by atoms with Crippen LogP contribution >= 0.6 is 0 Å². The van der Waals surface area contributed by atoms with E-state index in [0.29, 0.717) is 37.1 Å². The van der Waals surface area contributed by atoms with Gasteiger partial charge in [-0.15, -0.1) is 0 Å². The van der Waals surface area contributed by atoms with E-state index in [4.69, 9.17) is 0 Å². The topological polar surface area (TPSA) is 81.8 Å². The molecular formula is C17H19N5O2. The number of rotatable bonds is 6. The highest BCUT2D eigenvalue weighted by atomic mass is 16.1. The van der Waals surface area contributed by atoms with Crippen LogP contribution in [0.2, 0.25) is 0 Å². The lowest BCUT2D eigenvalue weighted by atomic mass is 10.2. The summed E-state index contributed by atoms with van der Waals surface area (Å²) in [5, 5.41) is 7.48. The molecule has 3 rings (SSSR count). The number of hydrogen-bond acceptors (Lipinski definition) is 4. The smallest absolute Gasteiger partial charge is 0.264 e. The largest absolute Gasteiger partial charge is 0.354 e. The molecule has 0 unspecified atom stereocenters. The summed E-state index contributed by atoms with van der Waals surface area (Å²) in [7, 11) is 0. The molecule has 0 aliphatic carbocycles. The molecule has 0 aliphatic heterocycles. The van der Waals surface area contributed by atoms with Crippen molar-refractivity contribution in [3.05, 3.63) is 58.8 Å². The molecule has 0 atom stereocenters. The summed E-state index contributed by atoms with van der Waals surface area (Å²) in [5.74, 6) is -0.00959. The van der Waals surface area contributed by atoms with Crippen LogP contribution in [0, 0.1) is 0 Å². The fourth-order valence-electron chi connectivity index (χ4n) is 2.48. The van der Waals surface area contributed by atoms with Crippen molar-refractivity contribution >= 4 is 16.9 Å². The second-order valence-corrected chi connectivity index (χ2v) is 5.47. The van der Waals surface area contributed by atoms with Crippen LogP contribution in [0.15, 0.2) is 47.7 Å². The van der Waals surface area contributed by atoms with Crippen LogP contribution in [-0.4, -0.2) is 31.8 Å². The molecular weight excluding hydrogens is 306 g/mol. The van der Waals surface area contributed by atoms with Gasteiger partial charge in [-0.25, -0.2) is 9.67 Å². The van der Waals surface area contributed by atoms with Crippen molar-refractivity contribution in [2.75, 3.05) is 6.54 Å². The third-order valence-electron chi connectivity index (χ3n) is 3.78. The second kappa shape index (κ2) is 7.08. The van der Waals surface area contributed by atoms with E-state index in [2.05, 4.69) is 15.4 Å². The third-order valence-corrected chi connectivity index (χ3v) is 3.78. The molecule has 0 saturated carbocycles. The molecule has 3 aromatic rings. The van der Waals surface area contributed by atoms with Gasteiger partial charge in [0.15, 0.2) is 5.65 Å². The quantitative estimate of drug-likeness (QED) is 0.737. The van der Waals surface area contributed by atoms with E-state index in [9.17, 15) is 9.59 Å². The van der Waals surface area contributed by atoms with Gasteiger partial charge in [0.25, 0.3) is 5.56 Å². The standard InChI is InChI=1S/C17H19N5O2/c1-2-15(23)18-8-9-22-16-14(10-20-22)17(24)21(12-19-16)11-13-6-4-3-5-7-13/h3-7,10,12H,2,8-9,11H2,1H3,(H,18,23). The Morgan fingerprint density at radius 1 is 1.25 bits per heavy atom. The Morgan fingerprint density at radius 2 is 2.04 bits per heavy atom. The lowest BCUT2D eigenvalue weighted by Gasteiger charge is -2.07. The van der Waals surface area contributed by atoms with Crippen LogP contribution in [-0.2, 0) is 17.9 Å². The van der Waals surface area contributed by atoms with Crippen molar-refractivity contribution < 1.29 is 4.79 Å². The fourth-order valence-corrected chi connectivity index (χ4v) is 2.48. The summed E-state index contributed by atoms with van der Waals surface area (Å²) >= 11 is 0.